The third kappa shape index (κ3) is 4.09. The SMILES string of the molecule is CCCC(COC)NS(=O)(=O)c1c[nH]c(CO)c1. The van der Waals surface area contributed by atoms with Crippen LogP contribution in [0.5, 0.6) is 0 Å². The van der Waals surface area contributed by atoms with E-state index in [1.54, 1.807) is 0 Å². The van der Waals surface area contributed by atoms with Gasteiger partial charge in [0.1, 0.15) is 0 Å². The van der Waals surface area contributed by atoms with Gasteiger partial charge in [-0.05, 0) is 12.5 Å². The molecule has 0 fully saturated rings. The van der Waals surface area contributed by atoms with Gasteiger partial charge in [0.25, 0.3) is 0 Å². The highest BCUT2D eigenvalue weighted by Crippen LogP contribution is 2.12. The molecule has 1 aromatic heterocycles. The van der Waals surface area contributed by atoms with Crippen molar-refractivity contribution < 1.29 is 18.3 Å². The Kier molecular flexibility index (Phi) is 5.80. The number of aromatic nitrogens is 1. The first-order valence-corrected chi connectivity index (χ1v) is 7.31. The first-order chi connectivity index (χ1) is 8.53. The van der Waals surface area contributed by atoms with E-state index in [1.165, 1.54) is 19.4 Å². The molecule has 0 saturated carbocycles. The van der Waals surface area contributed by atoms with E-state index in [-0.39, 0.29) is 17.5 Å². The topological polar surface area (TPSA) is 91.4 Å². The zero-order valence-electron chi connectivity index (χ0n) is 10.6. The van der Waals surface area contributed by atoms with Crippen molar-refractivity contribution in [3.63, 3.8) is 0 Å². The largest absolute Gasteiger partial charge is 0.390 e. The van der Waals surface area contributed by atoms with Gasteiger partial charge in [0.05, 0.1) is 18.1 Å². The molecule has 0 bridgehead atoms. The number of nitrogens with one attached hydrogen (secondary N) is 2. The summed E-state index contributed by atoms with van der Waals surface area (Å²) >= 11 is 0. The van der Waals surface area contributed by atoms with E-state index in [1.807, 2.05) is 6.92 Å². The standard InChI is InChI=1S/C11H20N2O4S/c1-3-4-9(8-17-2)13-18(15,16)11-5-10(7-14)12-6-11/h5-6,9,12-14H,3-4,7-8H2,1-2H3. The highest BCUT2D eigenvalue weighted by atomic mass is 32.2. The summed E-state index contributed by atoms with van der Waals surface area (Å²) in [6.07, 6.45) is 2.94. The van der Waals surface area contributed by atoms with Crippen LogP contribution in [0.2, 0.25) is 0 Å². The van der Waals surface area contributed by atoms with Crippen molar-refractivity contribution in [1.82, 2.24) is 9.71 Å². The predicted octanol–water partition coefficient (Wildman–Crippen LogP) is 0.600. The molecule has 0 amide bonds. The van der Waals surface area contributed by atoms with Crippen molar-refractivity contribution in [1.29, 1.82) is 0 Å². The molecule has 104 valence electrons. The monoisotopic (exact) mass is 276 g/mol. The summed E-state index contributed by atoms with van der Waals surface area (Å²) < 4.78 is 31.7. The van der Waals surface area contributed by atoms with Crippen molar-refractivity contribution in [2.24, 2.45) is 0 Å². The van der Waals surface area contributed by atoms with Crippen LogP contribution in [0.15, 0.2) is 17.2 Å². The molecule has 1 atom stereocenters. The van der Waals surface area contributed by atoms with Gasteiger partial charge in [0.15, 0.2) is 0 Å². The molecule has 0 aliphatic heterocycles. The second-order valence-electron chi connectivity index (χ2n) is 4.08. The lowest BCUT2D eigenvalue weighted by Gasteiger charge is -2.16. The first kappa shape index (κ1) is 15.2. The molecule has 0 saturated heterocycles. The van der Waals surface area contributed by atoms with E-state index < -0.39 is 10.0 Å². The average molecular weight is 276 g/mol. The number of ether oxygens (including phenoxy) is 1. The molecule has 0 aliphatic carbocycles. The van der Waals surface area contributed by atoms with Gasteiger partial charge in [-0.15, -0.1) is 0 Å². The molecule has 0 spiro atoms. The van der Waals surface area contributed by atoms with Crippen LogP contribution in [-0.2, 0) is 21.4 Å². The van der Waals surface area contributed by atoms with Crippen LogP contribution in [0.4, 0.5) is 0 Å². The van der Waals surface area contributed by atoms with Crippen molar-refractivity contribution in [3.8, 4) is 0 Å². The maximum Gasteiger partial charge on any atom is 0.242 e. The number of aliphatic hydroxyl groups excluding tert-OH is 1. The minimum absolute atomic E-state index is 0.128. The average Bonchev–Trinajstić information content (AvgIpc) is 2.78. The smallest absolute Gasteiger partial charge is 0.242 e. The summed E-state index contributed by atoms with van der Waals surface area (Å²) in [6.45, 7) is 2.10. The third-order valence-electron chi connectivity index (χ3n) is 2.52. The summed E-state index contributed by atoms with van der Waals surface area (Å²) in [5, 5.41) is 8.90. The van der Waals surface area contributed by atoms with Gasteiger partial charge >= 0.3 is 0 Å². The normalized spacial score (nSPS) is 13.7. The fourth-order valence-corrected chi connectivity index (χ4v) is 2.95. The molecule has 1 aromatic rings. The molecule has 3 N–H and O–H groups in total. The lowest BCUT2D eigenvalue weighted by Crippen LogP contribution is -2.37. The Morgan fingerprint density at radius 3 is 2.78 bits per heavy atom. The van der Waals surface area contributed by atoms with Gasteiger partial charge in [0.2, 0.25) is 10.0 Å². The number of H-pyrrole nitrogens is 1. The van der Waals surface area contributed by atoms with E-state index in [2.05, 4.69) is 9.71 Å². The highest BCUT2D eigenvalue weighted by molar-refractivity contribution is 7.89. The van der Waals surface area contributed by atoms with Crippen molar-refractivity contribution in [3.05, 3.63) is 18.0 Å². The summed E-state index contributed by atoms with van der Waals surface area (Å²) in [7, 11) is -2.03. The molecule has 1 rings (SSSR count). The lowest BCUT2D eigenvalue weighted by atomic mass is 10.2. The Hall–Kier alpha value is -0.890. The highest BCUT2D eigenvalue weighted by Gasteiger charge is 2.20. The number of sulfonamides is 1. The first-order valence-electron chi connectivity index (χ1n) is 5.83. The summed E-state index contributed by atoms with van der Waals surface area (Å²) in [5.74, 6) is 0. The van der Waals surface area contributed by atoms with E-state index >= 15 is 0 Å². The Labute approximate surface area is 107 Å². The maximum atomic E-state index is 12.1. The van der Waals surface area contributed by atoms with Crippen molar-refractivity contribution >= 4 is 10.0 Å². The molecule has 6 nitrogen and oxygen atoms in total. The molecule has 1 unspecified atom stereocenters. The minimum Gasteiger partial charge on any atom is -0.390 e. The van der Waals surface area contributed by atoms with E-state index in [9.17, 15) is 8.42 Å². The lowest BCUT2D eigenvalue weighted by molar-refractivity contribution is 0.171. The van der Waals surface area contributed by atoms with Gasteiger partial charge in [-0.1, -0.05) is 13.3 Å². The summed E-state index contributed by atoms with van der Waals surface area (Å²) in [4.78, 5) is 2.83. The van der Waals surface area contributed by atoms with E-state index in [4.69, 9.17) is 9.84 Å². The van der Waals surface area contributed by atoms with Crippen molar-refractivity contribution in [2.75, 3.05) is 13.7 Å². The van der Waals surface area contributed by atoms with Crippen LogP contribution >= 0.6 is 0 Å². The minimum atomic E-state index is -3.57. The molecule has 7 heteroatoms. The summed E-state index contributed by atoms with van der Waals surface area (Å²) in [5.41, 5.74) is 0.467. The number of aromatic amines is 1. The fraction of sp³-hybridized carbons (Fsp3) is 0.636. The second-order valence-corrected chi connectivity index (χ2v) is 5.79. The van der Waals surface area contributed by atoms with Crippen molar-refractivity contribution in [2.45, 2.75) is 37.3 Å². The van der Waals surface area contributed by atoms with Gasteiger partial charge in [-0.2, -0.15) is 0 Å². The van der Waals surface area contributed by atoms with Crippen LogP contribution in [0.25, 0.3) is 0 Å². The van der Waals surface area contributed by atoms with Crippen LogP contribution in [0.3, 0.4) is 0 Å². The molecule has 0 aliphatic rings. The van der Waals surface area contributed by atoms with Gasteiger partial charge < -0.3 is 14.8 Å². The van der Waals surface area contributed by atoms with E-state index in [0.29, 0.717) is 18.7 Å². The van der Waals surface area contributed by atoms with Crippen LogP contribution in [0, 0.1) is 0 Å². The summed E-state index contributed by atoms with van der Waals surface area (Å²) in [6, 6.07) is 1.18. The van der Waals surface area contributed by atoms with Crippen LogP contribution in [0.1, 0.15) is 25.5 Å². The maximum absolute atomic E-state index is 12.1. The van der Waals surface area contributed by atoms with E-state index in [0.717, 1.165) is 6.42 Å². The molecule has 1 heterocycles. The zero-order chi connectivity index (χ0) is 13.6. The number of methoxy groups -OCH3 is 1. The molecular formula is C11H20N2O4S. The number of aliphatic hydroxyl groups is 1. The predicted molar refractivity (Wildman–Crippen MR) is 67.6 cm³/mol. The Morgan fingerprint density at radius 1 is 1.56 bits per heavy atom. The quantitative estimate of drug-likeness (QED) is 0.648. The number of rotatable bonds is 8. The van der Waals surface area contributed by atoms with Gasteiger partial charge in [-0.3, -0.25) is 0 Å². The fourth-order valence-electron chi connectivity index (χ4n) is 1.68. The van der Waals surface area contributed by atoms with Crippen LogP contribution in [-0.4, -0.2) is 38.3 Å². The molecule has 18 heavy (non-hydrogen) atoms. The number of hydrogen-bond donors (Lipinski definition) is 3. The number of hydrogen-bond acceptors (Lipinski definition) is 4. The van der Waals surface area contributed by atoms with Crippen LogP contribution < -0.4 is 4.72 Å². The Bertz CT molecular complexity index is 449. The van der Waals surface area contributed by atoms with Gasteiger partial charge in [-0.25, -0.2) is 13.1 Å². The third-order valence-corrected chi connectivity index (χ3v) is 4.02. The van der Waals surface area contributed by atoms with Gasteiger partial charge in [0, 0.05) is 25.0 Å². The Balaban J connectivity index is 2.78. The zero-order valence-corrected chi connectivity index (χ0v) is 11.5. The molecule has 0 aromatic carbocycles. The second kappa shape index (κ2) is 6.89. The molecule has 0 radical (unpaired) electrons. The Morgan fingerprint density at radius 2 is 2.28 bits per heavy atom. The molecular weight excluding hydrogens is 256 g/mol.